The van der Waals surface area contributed by atoms with E-state index in [1.165, 1.54) is 31.2 Å². The standard InChI is InChI=1S/C20H26ClNO/c1-2-3-4-5-13-22-15-18-7-6-8-20(14-18)23-16-17-9-11-19(21)12-10-17/h6-12,14,22H,2-5,13,15-16H2,1H3. The monoisotopic (exact) mass is 331 g/mol. The highest BCUT2D eigenvalue weighted by Gasteiger charge is 1.99. The summed E-state index contributed by atoms with van der Waals surface area (Å²) in [5.74, 6) is 0.908. The van der Waals surface area contributed by atoms with Crippen LogP contribution in [0, 0.1) is 0 Å². The third kappa shape index (κ3) is 7.06. The maximum absolute atomic E-state index is 5.89. The molecule has 3 heteroatoms. The molecule has 0 aliphatic carbocycles. The minimum atomic E-state index is 0.561. The van der Waals surface area contributed by atoms with E-state index in [4.69, 9.17) is 16.3 Å². The van der Waals surface area contributed by atoms with Crippen LogP contribution in [0.1, 0.15) is 43.7 Å². The van der Waals surface area contributed by atoms with Gasteiger partial charge < -0.3 is 10.1 Å². The number of nitrogens with one attached hydrogen (secondary N) is 1. The SMILES string of the molecule is CCCCCCNCc1cccc(OCc2ccc(Cl)cc2)c1. The molecule has 124 valence electrons. The van der Waals surface area contributed by atoms with Gasteiger partial charge in [-0.05, 0) is 48.4 Å². The van der Waals surface area contributed by atoms with Gasteiger partial charge in [0, 0.05) is 11.6 Å². The lowest BCUT2D eigenvalue weighted by Crippen LogP contribution is -2.14. The number of hydrogen-bond donors (Lipinski definition) is 1. The fourth-order valence-electron chi connectivity index (χ4n) is 2.40. The molecule has 0 aliphatic rings. The zero-order valence-electron chi connectivity index (χ0n) is 13.9. The van der Waals surface area contributed by atoms with Crippen molar-refractivity contribution in [3.05, 3.63) is 64.7 Å². The van der Waals surface area contributed by atoms with E-state index in [9.17, 15) is 0 Å². The molecule has 0 saturated heterocycles. The maximum atomic E-state index is 5.89. The van der Waals surface area contributed by atoms with E-state index < -0.39 is 0 Å². The normalized spacial score (nSPS) is 10.7. The first-order chi connectivity index (χ1) is 11.3. The van der Waals surface area contributed by atoms with Crippen LogP contribution in [0.15, 0.2) is 48.5 Å². The molecule has 0 bridgehead atoms. The van der Waals surface area contributed by atoms with E-state index in [0.29, 0.717) is 6.61 Å². The fraction of sp³-hybridized carbons (Fsp3) is 0.400. The van der Waals surface area contributed by atoms with Crippen molar-refractivity contribution in [3.63, 3.8) is 0 Å². The fourth-order valence-corrected chi connectivity index (χ4v) is 2.53. The van der Waals surface area contributed by atoms with Crippen molar-refractivity contribution < 1.29 is 4.74 Å². The van der Waals surface area contributed by atoms with Crippen molar-refractivity contribution in [3.8, 4) is 5.75 Å². The second-order valence-electron chi connectivity index (χ2n) is 5.80. The molecule has 2 nitrogen and oxygen atoms in total. The average Bonchev–Trinajstić information content (AvgIpc) is 2.58. The average molecular weight is 332 g/mol. The van der Waals surface area contributed by atoms with Crippen LogP contribution in [0.4, 0.5) is 0 Å². The number of unbranched alkanes of at least 4 members (excludes halogenated alkanes) is 3. The molecule has 0 aromatic heterocycles. The Balaban J connectivity index is 1.74. The van der Waals surface area contributed by atoms with Gasteiger partial charge in [0.05, 0.1) is 0 Å². The van der Waals surface area contributed by atoms with Crippen molar-refractivity contribution >= 4 is 11.6 Å². The number of benzene rings is 2. The lowest BCUT2D eigenvalue weighted by atomic mass is 10.2. The molecule has 0 fully saturated rings. The number of halogens is 1. The van der Waals surface area contributed by atoms with Crippen molar-refractivity contribution in [2.24, 2.45) is 0 Å². The predicted molar refractivity (Wildman–Crippen MR) is 98.1 cm³/mol. The molecule has 0 unspecified atom stereocenters. The van der Waals surface area contributed by atoms with Crippen molar-refractivity contribution in [2.75, 3.05) is 6.54 Å². The Kier molecular flexibility index (Phi) is 7.99. The van der Waals surface area contributed by atoms with Gasteiger partial charge in [-0.25, -0.2) is 0 Å². The molecule has 0 saturated carbocycles. The molecule has 0 heterocycles. The first-order valence-corrected chi connectivity index (χ1v) is 8.82. The van der Waals surface area contributed by atoms with E-state index in [1.807, 2.05) is 36.4 Å². The Morgan fingerprint density at radius 2 is 1.78 bits per heavy atom. The molecule has 0 spiro atoms. The molecule has 0 aliphatic heterocycles. The van der Waals surface area contributed by atoms with E-state index in [-0.39, 0.29) is 0 Å². The van der Waals surface area contributed by atoms with Crippen LogP contribution in [0.5, 0.6) is 5.75 Å². The molecule has 0 radical (unpaired) electrons. The molecule has 2 aromatic carbocycles. The van der Waals surface area contributed by atoms with Crippen LogP contribution in [0.2, 0.25) is 5.02 Å². The van der Waals surface area contributed by atoms with E-state index in [2.05, 4.69) is 24.4 Å². The Hall–Kier alpha value is -1.51. The van der Waals surface area contributed by atoms with Crippen LogP contribution in [-0.2, 0) is 13.2 Å². The minimum Gasteiger partial charge on any atom is -0.489 e. The minimum absolute atomic E-state index is 0.561. The van der Waals surface area contributed by atoms with Crippen LogP contribution in [0.3, 0.4) is 0 Å². The van der Waals surface area contributed by atoms with Gasteiger partial charge >= 0.3 is 0 Å². The Bertz CT molecular complexity index is 568. The maximum Gasteiger partial charge on any atom is 0.120 e. The van der Waals surface area contributed by atoms with Gasteiger partial charge in [0.25, 0.3) is 0 Å². The topological polar surface area (TPSA) is 21.3 Å². The van der Waals surface area contributed by atoms with Crippen molar-refractivity contribution in [2.45, 2.75) is 45.8 Å². The molecule has 0 amide bonds. The highest BCUT2D eigenvalue weighted by atomic mass is 35.5. The molecule has 0 atom stereocenters. The summed E-state index contributed by atoms with van der Waals surface area (Å²) < 4.78 is 5.86. The molecule has 2 aromatic rings. The number of hydrogen-bond acceptors (Lipinski definition) is 2. The largest absolute Gasteiger partial charge is 0.489 e. The van der Waals surface area contributed by atoms with Gasteiger partial charge in [0.2, 0.25) is 0 Å². The third-order valence-electron chi connectivity index (χ3n) is 3.75. The molecule has 23 heavy (non-hydrogen) atoms. The summed E-state index contributed by atoms with van der Waals surface area (Å²) in [5, 5.41) is 4.25. The van der Waals surface area contributed by atoms with E-state index in [1.54, 1.807) is 0 Å². The summed E-state index contributed by atoms with van der Waals surface area (Å²) in [6, 6.07) is 16.0. The summed E-state index contributed by atoms with van der Waals surface area (Å²) in [7, 11) is 0. The quantitative estimate of drug-likeness (QED) is 0.573. The first-order valence-electron chi connectivity index (χ1n) is 8.45. The third-order valence-corrected chi connectivity index (χ3v) is 4.01. The lowest BCUT2D eigenvalue weighted by molar-refractivity contribution is 0.306. The zero-order valence-corrected chi connectivity index (χ0v) is 14.6. The second-order valence-corrected chi connectivity index (χ2v) is 6.24. The lowest BCUT2D eigenvalue weighted by Gasteiger charge is -2.09. The van der Waals surface area contributed by atoms with Gasteiger partial charge in [-0.2, -0.15) is 0 Å². The van der Waals surface area contributed by atoms with Crippen LogP contribution < -0.4 is 10.1 Å². The van der Waals surface area contributed by atoms with Gasteiger partial charge in [-0.1, -0.05) is 62.1 Å². The highest BCUT2D eigenvalue weighted by molar-refractivity contribution is 6.30. The molecular weight excluding hydrogens is 306 g/mol. The Morgan fingerprint density at radius 1 is 0.957 bits per heavy atom. The van der Waals surface area contributed by atoms with Crippen molar-refractivity contribution in [1.82, 2.24) is 5.32 Å². The number of rotatable bonds is 10. The number of ether oxygens (including phenoxy) is 1. The Morgan fingerprint density at radius 3 is 2.57 bits per heavy atom. The molecule has 2 rings (SSSR count). The zero-order chi connectivity index (χ0) is 16.3. The van der Waals surface area contributed by atoms with Crippen LogP contribution >= 0.6 is 11.6 Å². The summed E-state index contributed by atoms with van der Waals surface area (Å²) in [6.45, 7) is 4.77. The summed E-state index contributed by atoms with van der Waals surface area (Å²) in [6.07, 6.45) is 5.18. The highest BCUT2D eigenvalue weighted by Crippen LogP contribution is 2.16. The van der Waals surface area contributed by atoms with Crippen molar-refractivity contribution in [1.29, 1.82) is 0 Å². The summed E-state index contributed by atoms with van der Waals surface area (Å²) in [5.41, 5.74) is 2.38. The smallest absolute Gasteiger partial charge is 0.120 e. The summed E-state index contributed by atoms with van der Waals surface area (Å²) in [4.78, 5) is 0. The summed E-state index contributed by atoms with van der Waals surface area (Å²) >= 11 is 5.89. The van der Waals surface area contributed by atoms with Gasteiger partial charge in [-0.3, -0.25) is 0 Å². The first kappa shape index (κ1) is 17.8. The van der Waals surface area contributed by atoms with E-state index in [0.717, 1.165) is 29.4 Å². The molecular formula is C20H26ClNO. The van der Waals surface area contributed by atoms with Crippen LogP contribution in [-0.4, -0.2) is 6.54 Å². The molecule has 1 N–H and O–H groups in total. The van der Waals surface area contributed by atoms with Gasteiger partial charge in [-0.15, -0.1) is 0 Å². The van der Waals surface area contributed by atoms with Gasteiger partial charge in [0.15, 0.2) is 0 Å². The predicted octanol–water partition coefficient (Wildman–Crippen LogP) is 5.59. The Labute approximate surface area is 144 Å². The van der Waals surface area contributed by atoms with Gasteiger partial charge in [0.1, 0.15) is 12.4 Å². The second kappa shape index (κ2) is 10.3. The van der Waals surface area contributed by atoms with E-state index >= 15 is 0 Å². The van der Waals surface area contributed by atoms with Crippen LogP contribution in [0.25, 0.3) is 0 Å².